The van der Waals surface area contributed by atoms with Crippen molar-refractivity contribution in [2.45, 2.75) is 26.0 Å². The second-order valence-electron chi connectivity index (χ2n) is 3.43. The van der Waals surface area contributed by atoms with Gasteiger partial charge < -0.3 is 18.0 Å². The van der Waals surface area contributed by atoms with Crippen molar-refractivity contribution in [1.29, 1.82) is 0 Å². The first kappa shape index (κ1) is 17.0. The number of hydrogen-bond acceptors (Lipinski definition) is 5. The van der Waals surface area contributed by atoms with Crippen molar-refractivity contribution in [3.8, 4) is 0 Å². The summed E-state index contributed by atoms with van der Waals surface area (Å²) < 4.78 is 21.2. The van der Waals surface area contributed by atoms with Crippen LogP contribution >= 0.6 is 0 Å². The quantitative estimate of drug-likeness (QED) is 0.293. The van der Waals surface area contributed by atoms with Gasteiger partial charge in [-0.15, -0.1) is 0 Å². The van der Waals surface area contributed by atoms with Gasteiger partial charge in [-0.05, 0) is 13.3 Å². The fourth-order valence-electron chi connectivity index (χ4n) is 1.47. The van der Waals surface area contributed by atoms with Crippen LogP contribution in [0.3, 0.4) is 0 Å². The number of carbonyl (C=O) groups excluding carboxylic acids is 1. The van der Waals surface area contributed by atoms with Crippen molar-refractivity contribution in [2.75, 3.05) is 21.3 Å². The first-order chi connectivity index (χ1) is 8.60. The second kappa shape index (κ2) is 9.04. The maximum Gasteiger partial charge on any atom is 0.543 e. The molecule has 104 valence electrons. The molecule has 0 bridgehead atoms. The summed E-state index contributed by atoms with van der Waals surface area (Å²) in [4.78, 5) is 11.6. The molecule has 0 aliphatic carbocycles. The van der Waals surface area contributed by atoms with Gasteiger partial charge in [0, 0.05) is 27.4 Å². The Balaban J connectivity index is 4.72. The number of rotatable bonds is 8. The van der Waals surface area contributed by atoms with Crippen molar-refractivity contribution in [3.05, 3.63) is 24.3 Å². The third-order valence-electron chi connectivity index (χ3n) is 2.41. The lowest BCUT2D eigenvalue weighted by Crippen LogP contribution is -2.55. The topological polar surface area (TPSA) is 54.0 Å². The van der Waals surface area contributed by atoms with Crippen LogP contribution in [0.5, 0.6) is 0 Å². The van der Waals surface area contributed by atoms with Crippen LogP contribution in [0.1, 0.15) is 20.3 Å². The third kappa shape index (κ3) is 4.73. The molecule has 0 rings (SSSR count). The zero-order valence-electron chi connectivity index (χ0n) is 11.6. The van der Waals surface area contributed by atoms with E-state index >= 15 is 0 Å². The number of hydrogen-bond donors (Lipinski definition) is 0. The molecule has 0 aromatic rings. The highest BCUT2D eigenvalue weighted by Crippen LogP contribution is 2.18. The van der Waals surface area contributed by atoms with Gasteiger partial charge in [0.1, 0.15) is 0 Å². The molecule has 0 aliphatic rings. The Kier molecular flexibility index (Phi) is 8.56. The maximum absolute atomic E-state index is 11.6. The summed E-state index contributed by atoms with van der Waals surface area (Å²) in [5.41, 5.74) is -0.514. The molecule has 0 heterocycles. The van der Waals surface area contributed by atoms with E-state index in [1.54, 1.807) is 12.2 Å². The van der Waals surface area contributed by atoms with Crippen LogP contribution in [0, 0.1) is 0 Å². The molecule has 1 atom stereocenters. The monoisotopic (exact) mass is 274 g/mol. The number of allylic oxidation sites excluding steroid dienone is 3. The highest BCUT2D eigenvalue weighted by molar-refractivity contribution is 6.62. The minimum absolute atomic E-state index is 0.442. The molecule has 0 N–H and O–H groups in total. The standard InChI is InChI=1S/C12H22O5Si/c1-6-8-9-10-11(13)17-12(7-2)18(14-3,15-4)16-5/h6,8-10,12H,7H2,1-5H3. The lowest BCUT2D eigenvalue weighted by Gasteiger charge is -2.30. The van der Waals surface area contributed by atoms with Gasteiger partial charge in [0.05, 0.1) is 0 Å². The summed E-state index contributed by atoms with van der Waals surface area (Å²) in [6, 6.07) is 0. The van der Waals surface area contributed by atoms with E-state index in [-0.39, 0.29) is 0 Å². The molecule has 0 saturated carbocycles. The Morgan fingerprint density at radius 1 is 1.17 bits per heavy atom. The van der Waals surface area contributed by atoms with Crippen LogP contribution in [-0.4, -0.2) is 41.8 Å². The Hall–Kier alpha value is -0.953. The first-order valence-corrected chi connectivity index (χ1v) is 7.55. The lowest BCUT2D eigenvalue weighted by molar-refractivity contribution is -0.142. The smallest absolute Gasteiger partial charge is 0.455 e. The molecule has 0 aliphatic heterocycles. The molecule has 5 nitrogen and oxygen atoms in total. The van der Waals surface area contributed by atoms with E-state index in [1.807, 2.05) is 19.9 Å². The molecule has 0 radical (unpaired) electrons. The summed E-state index contributed by atoms with van der Waals surface area (Å²) in [5.74, 6) is -0.442. The van der Waals surface area contributed by atoms with E-state index in [1.165, 1.54) is 27.4 Å². The predicted octanol–water partition coefficient (Wildman–Crippen LogP) is 1.86. The van der Waals surface area contributed by atoms with Gasteiger partial charge in [0.2, 0.25) is 0 Å². The molecule has 0 aromatic heterocycles. The Labute approximate surface area is 110 Å². The fourth-order valence-corrected chi connectivity index (χ4v) is 3.52. The molecule has 0 amide bonds. The summed E-state index contributed by atoms with van der Waals surface area (Å²) in [6.07, 6.45) is 7.09. The van der Waals surface area contributed by atoms with Crippen LogP contribution in [0.25, 0.3) is 0 Å². The Bertz CT molecular complexity index is 289. The molecular formula is C12H22O5Si. The van der Waals surface area contributed by atoms with E-state index < -0.39 is 20.5 Å². The van der Waals surface area contributed by atoms with Crippen LogP contribution in [0.4, 0.5) is 0 Å². The molecule has 0 saturated heterocycles. The fraction of sp³-hybridized carbons (Fsp3) is 0.583. The summed E-state index contributed by atoms with van der Waals surface area (Å²) in [6.45, 7) is 3.75. The summed E-state index contributed by atoms with van der Waals surface area (Å²) in [7, 11) is 1.52. The number of ether oxygens (including phenoxy) is 1. The SMILES string of the molecule is CC=CC=CC(=O)OC(CC)[Si](OC)(OC)OC. The zero-order chi connectivity index (χ0) is 14.0. The molecule has 18 heavy (non-hydrogen) atoms. The van der Waals surface area contributed by atoms with Crippen LogP contribution in [-0.2, 0) is 22.8 Å². The number of carbonyl (C=O) groups is 1. The Morgan fingerprint density at radius 2 is 1.72 bits per heavy atom. The van der Waals surface area contributed by atoms with Crippen LogP contribution in [0.15, 0.2) is 24.3 Å². The highest BCUT2D eigenvalue weighted by atomic mass is 28.4. The zero-order valence-corrected chi connectivity index (χ0v) is 12.6. The molecular weight excluding hydrogens is 252 g/mol. The predicted molar refractivity (Wildman–Crippen MR) is 70.9 cm³/mol. The van der Waals surface area contributed by atoms with Gasteiger partial charge in [0.15, 0.2) is 5.73 Å². The van der Waals surface area contributed by atoms with Crippen molar-refractivity contribution in [1.82, 2.24) is 0 Å². The molecule has 0 aromatic carbocycles. The first-order valence-electron chi connectivity index (χ1n) is 5.75. The van der Waals surface area contributed by atoms with Gasteiger partial charge in [-0.2, -0.15) is 0 Å². The molecule has 0 fully saturated rings. The van der Waals surface area contributed by atoms with Crippen LogP contribution < -0.4 is 0 Å². The van der Waals surface area contributed by atoms with E-state index in [2.05, 4.69) is 0 Å². The summed E-state index contributed by atoms with van der Waals surface area (Å²) in [5, 5.41) is 0. The van der Waals surface area contributed by atoms with Gasteiger partial charge in [-0.25, -0.2) is 4.79 Å². The van der Waals surface area contributed by atoms with E-state index in [9.17, 15) is 4.79 Å². The van der Waals surface area contributed by atoms with E-state index in [4.69, 9.17) is 18.0 Å². The maximum atomic E-state index is 11.6. The van der Waals surface area contributed by atoms with E-state index in [0.717, 1.165) is 0 Å². The molecule has 0 spiro atoms. The second-order valence-corrected chi connectivity index (χ2v) is 6.51. The minimum Gasteiger partial charge on any atom is -0.455 e. The molecule has 1 unspecified atom stereocenters. The largest absolute Gasteiger partial charge is 0.543 e. The van der Waals surface area contributed by atoms with Crippen molar-refractivity contribution >= 4 is 14.8 Å². The molecule has 6 heteroatoms. The van der Waals surface area contributed by atoms with Gasteiger partial charge in [-0.3, -0.25) is 0 Å². The Morgan fingerprint density at radius 3 is 2.11 bits per heavy atom. The highest BCUT2D eigenvalue weighted by Gasteiger charge is 2.49. The number of esters is 1. The normalized spacial score (nSPS) is 14.3. The van der Waals surface area contributed by atoms with Crippen molar-refractivity contribution in [3.63, 3.8) is 0 Å². The average molecular weight is 274 g/mol. The van der Waals surface area contributed by atoms with Gasteiger partial charge in [0.25, 0.3) is 0 Å². The van der Waals surface area contributed by atoms with Gasteiger partial charge >= 0.3 is 14.8 Å². The average Bonchev–Trinajstić information content (AvgIpc) is 2.40. The lowest BCUT2D eigenvalue weighted by atomic mass is 10.4. The van der Waals surface area contributed by atoms with Crippen LogP contribution in [0.2, 0.25) is 0 Å². The third-order valence-corrected chi connectivity index (χ3v) is 5.43. The van der Waals surface area contributed by atoms with Gasteiger partial charge in [-0.1, -0.05) is 25.2 Å². The van der Waals surface area contributed by atoms with Crippen molar-refractivity contribution in [2.24, 2.45) is 0 Å². The summed E-state index contributed by atoms with van der Waals surface area (Å²) >= 11 is 0. The van der Waals surface area contributed by atoms with Crippen molar-refractivity contribution < 1.29 is 22.8 Å². The van der Waals surface area contributed by atoms with E-state index in [0.29, 0.717) is 6.42 Å². The minimum atomic E-state index is -2.95.